The van der Waals surface area contributed by atoms with Gasteiger partial charge < -0.3 is 5.32 Å². The second-order valence-electron chi connectivity index (χ2n) is 3.86. The van der Waals surface area contributed by atoms with E-state index >= 15 is 0 Å². The van der Waals surface area contributed by atoms with Crippen LogP contribution in [-0.4, -0.2) is 17.5 Å². The quantitative estimate of drug-likeness (QED) is 0.875. The first-order chi connectivity index (χ1) is 7.79. The summed E-state index contributed by atoms with van der Waals surface area (Å²) < 4.78 is 0. The van der Waals surface area contributed by atoms with Crippen LogP contribution in [0.2, 0.25) is 5.02 Å². The molecule has 0 amide bonds. The van der Waals surface area contributed by atoms with Gasteiger partial charge >= 0.3 is 0 Å². The highest BCUT2D eigenvalue weighted by Crippen LogP contribution is 2.26. The molecule has 0 saturated carbocycles. The highest BCUT2D eigenvalue weighted by atomic mass is 35.5. The first-order valence-corrected chi connectivity index (χ1v) is 6.87. The summed E-state index contributed by atoms with van der Waals surface area (Å²) in [5.41, 5.74) is 1.53. The smallest absolute Gasteiger partial charge is 0.0992 e. The normalized spacial score (nSPS) is 20.1. The largest absolute Gasteiger partial charge is 0.380 e. The van der Waals surface area contributed by atoms with Crippen molar-refractivity contribution < 1.29 is 0 Å². The van der Waals surface area contributed by atoms with Gasteiger partial charge in [-0.15, -0.1) is 0 Å². The average molecular weight is 253 g/mol. The molecule has 1 N–H and O–H groups in total. The lowest BCUT2D eigenvalue weighted by Crippen LogP contribution is -2.25. The van der Waals surface area contributed by atoms with Crippen LogP contribution in [0.1, 0.15) is 18.4 Å². The number of anilines is 1. The summed E-state index contributed by atoms with van der Waals surface area (Å²) in [6, 6.07) is 7.94. The van der Waals surface area contributed by atoms with E-state index < -0.39 is 0 Å². The van der Waals surface area contributed by atoms with Crippen LogP contribution in [0.25, 0.3) is 0 Å². The maximum absolute atomic E-state index is 8.83. The van der Waals surface area contributed by atoms with Crippen LogP contribution in [0.5, 0.6) is 0 Å². The predicted octanol–water partition coefficient (Wildman–Crippen LogP) is 3.52. The summed E-state index contributed by atoms with van der Waals surface area (Å²) in [7, 11) is 0. The molecule has 0 aliphatic carbocycles. The van der Waals surface area contributed by atoms with Crippen LogP contribution < -0.4 is 5.32 Å². The molecule has 1 aliphatic heterocycles. The topological polar surface area (TPSA) is 35.8 Å². The van der Waals surface area contributed by atoms with E-state index in [9.17, 15) is 0 Å². The van der Waals surface area contributed by atoms with Gasteiger partial charge in [0.2, 0.25) is 0 Å². The zero-order valence-electron chi connectivity index (χ0n) is 8.87. The van der Waals surface area contributed by atoms with E-state index in [1.165, 1.54) is 18.6 Å². The number of thioether (sulfide) groups is 1. The number of hydrogen-bond donors (Lipinski definition) is 1. The zero-order valence-corrected chi connectivity index (χ0v) is 10.4. The van der Waals surface area contributed by atoms with E-state index in [1.807, 2.05) is 17.8 Å². The monoisotopic (exact) mass is 252 g/mol. The summed E-state index contributed by atoms with van der Waals surface area (Å²) in [5.74, 6) is 2.37. The number of nitrogens with zero attached hydrogens (tertiary/aromatic N) is 1. The van der Waals surface area contributed by atoms with E-state index in [-0.39, 0.29) is 0 Å². The SMILES string of the molecule is N#Cc1ccc(Cl)c(NC2CCCSC2)c1. The number of nitriles is 1. The molecule has 1 atom stereocenters. The molecule has 84 valence electrons. The first-order valence-electron chi connectivity index (χ1n) is 5.33. The van der Waals surface area contributed by atoms with Crippen molar-refractivity contribution in [1.29, 1.82) is 5.26 Å². The van der Waals surface area contributed by atoms with Gasteiger partial charge in [-0.3, -0.25) is 0 Å². The predicted molar refractivity (Wildman–Crippen MR) is 70.1 cm³/mol. The molecule has 16 heavy (non-hydrogen) atoms. The van der Waals surface area contributed by atoms with Gasteiger partial charge in [0.25, 0.3) is 0 Å². The summed E-state index contributed by atoms with van der Waals surface area (Å²) in [6.45, 7) is 0. The van der Waals surface area contributed by atoms with Gasteiger partial charge in [0.1, 0.15) is 0 Å². The van der Waals surface area contributed by atoms with Gasteiger partial charge in [-0.2, -0.15) is 17.0 Å². The zero-order chi connectivity index (χ0) is 11.4. The van der Waals surface area contributed by atoms with Crippen LogP contribution in [-0.2, 0) is 0 Å². The van der Waals surface area contributed by atoms with Gasteiger partial charge in [-0.1, -0.05) is 11.6 Å². The highest BCUT2D eigenvalue weighted by molar-refractivity contribution is 7.99. The van der Waals surface area contributed by atoms with Crippen molar-refractivity contribution in [1.82, 2.24) is 0 Å². The minimum atomic E-state index is 0.477. The maximum Gasteiger partial charge on any atom is 0.0992 e. The number of benzene rings is 1. The Morgan fingerprint density at radius 3 is 3.06 bits per heavy atom. The van der Waals surface area contributed by atoms with E-state index in [1.54, 1.807) is 12.1 Å². The van der Waals surface area contributed by atoms with Gasteiger partial charge in [0.15, 0.2) is 0 Å². The van der Waals surface area contributed by atoms with Crippen LogP contribution >= 0.6 is 23.4 Å². The van der Waals surface area contributed by atoms with Crippen molar-refractivity contribution in [2.75, 3.05) is 16.8 Å². The lowest BCUT2D eigenvalue weighted by Gasteiger charge is -2.24. The van der Waals surface area contributed by atoms with Crippen LogP contribution in [0, 0.1) is 11.3 Å². The van der Waals surface area contributed by atoms with E-state index in [2.05, 4.69) is 11.4 Å². The van der Waals surface area contributed by atoms with E-state index in [0.717, 1.165) is 11.4 Å². The standard InChI is InChI=1S/C12H13ClN2S/c13-11-4-3-9(7-14)6-12(11)15-10-2-1-5-16-8-10/h3-4,6,10,15H,1-2,5,8H2. The summed E-state index contributed by atoms with van der Waals surface area (Å²) in [4.78, 5) is 0. The van der Waals surface area contributed by atoms with Crippen LogP contribution in [0.15, 0.2) is 18.2 Å². The van der Waals surface area contributed by atoms with Crippen molar-refractivity contribution >= 4 is 29.1 Å². The fraction of sp³-hybridized carbons (Fsp3) is 0.417. The van der Waals surface area contributed by atoms with Crippen molar-refractivity contribution in [2.24, 2.45) is 0 Å². The Bertz CT molecular complexity index is 408. The van der Waals surface area contributed by atoms with E-state index in [4.69, 9.17) is 16.9 Å². The molecule has 2 nitrogen and oxygen atoms in total. The third kappa shape index (κ3) is 2.84. The van der Waals surface area contributed by atoms with Crippen molar-refractivity contribution in [3.63, 3.8) is 0 Å². The lowest BCUT2D eigenvalue weighted by atomic mass is 10.1. The van der Waals surface area contributed by atoms with Gasteiger partial charge in [-0.05, 0) is 36.8 Å². The Hall–Kier alpha value is -0.850. The lowest BCUT2D eigenvalue weighted by molar-refractivity contribution is 0.685. The molecule has 0 radical (unpaired) electrons. The van der Waals surface area contributed by atoms with Crippen LogP contribution in [0.3, 0.4) is 0 Å². The number of halogens is 1. The second kappa shape index (κ2) is 5.47. The molecule has 1 aromatic rings. The van der Waals surface area contributed by atoms with Gasteiger partial charge in [0, 0.05) is 11.8 Å². The summed E-state index contributed by atoms with van der Waals surface area (Å²) in [6.07, 6.45) is 2.43. The number of rotatable bonds is 2. The van der Waals surface area contributed by atoms with Crippen molar-refractivity contribution in [3.05, 3.63) is 28.8 Å². The molecule has 1 heterocycles. The minimum Gasteiger partial charge on any atom is -0.380 e. The van der Waals surface area contributed by atoms with E-state index in [0.29, 0.717) is 16.6 Å². The maximum atomic E-state index is 8.83. The molecule has 1 aliphatic rings. The average Bonchev–Trinajstić information content (AvgIpc) is 2.33. The van der Waals surface area contributed by atoms with Gasteiger partial charge in [0.05, 0.1) is 22.3 Å². The molecule has 4 heteroatoms. The summed E-state index contributed by atoms with van der Waals surface area (Å²) >= 11 is 8.06. The Morgan fingerprint density at radius 2 is 2.38 bits per heavy atom. The fourth-order valence-electron chi connectivity index (χ4n) is 1.78. The third-order valence-corrected chi connectivity index (χ3v) is 4.16. The summed E-state index contributed by atoms with van der Waals surface area (Å²) in [5, 5.41) is 12.9. The molecule has 0 aromatic heterocycles. The van der Waals surface area contributed by atoms with Crippen molar-refractivity contribution in [3.8, 4) is 6.07 Å². The Labute approximate surface area is 105 Å². The molecule has 1 saturated heterocycles. The molecule has 1 aromatic carbocycles. The minimum absolute atomic E-state index is 0.477. The second-order valence-corrected chi connectivity index (χ2v) is 5.42. The number of nitrogens with one attached hydrogen (secondary N) is 1. The molecule has 1 fully saturated rings. The Balaban J connectivity index is 2.10. The molecular weight excluding hydrogens is 240 g/mol. The molecule has 0 spiro atoms. The molecule has 0 bridgehead atoms. The fourth-order valence-corrected chi connectivity index (χ4v) is 3.02. The third-order valence-electron chi connectivity index (χ3n) is 2.62. The van der Waals surface area contributed by atoms with Crippen molar-refractivity contribution in [2.45, 2.75) is 18.9 Å². The highest BCUT2D eigenvalue weighted by Gasteiger charge is 2.14. The Morgan fingerprint density at radius 1 is 1.50 bits per heavy atom. The molecular formula is C12H13ClN2S. The van der Waals surface area contributed by atoms with Crippen LogP contribution in [0.4, 0.5) is 5.69 Å². The number of hydrogen-bond acceptors (Lipinski definition) is 3. The molecule has 1 unspecified atom stereocenters. The molecule has 2 rings (SSSR count). The first kappa shape index (κ1) is 11.6. The Kier molecular flexibility index (Phi) is 3.98. The van der Waals surface area contributed by atoms with Gasteiger partial charge in [-0.25, -0.2) is 0 Å².